The van der Waals surface area contributed by atoms with Gasteiger partial charge in [0.15, 0.2) is 23.4 Å². The van der Waals surface area contributed by atoms with E-state index in [1.165, 1.54) is 24.1 Å². The number of anilines is 1. The summed E-state index contributed by atoms with van der Waals surface area (Å²) in [5.74, 6) is 2.46. The number of amides is 1. The van der Waals surface area contributed by atoms with Crippen molar-refractivity contribution < 1.29 is 24.2 Å². The van der Waals surface area contributed by atoms with Crippen molar-refractivity contribution in [2.75, 3.05) is 26.0 Å². The molecule has 2 aliphatic carbocycles. The summed E-state index contributed by atoms with van der Waals surface area (Å²) in [5, 5.41) is 11.5. The van der Waals surface area contributed by atoms with E-state index in [-0.39, 0.29) is 29.0 Å². The smallest absolute Gasteiger partial charge is 0.221 e. The van der Waals surface area contributed by atoms with E-state index >= 15 is 0 Å². The second-order valence-electron chi connectivity index (χ2n) is 9.51. The average Bonchev–Trinajstić information content (AvgIpc) is 3.13. The van der Waals surface area contributed by atoms with Crippen LogP contribution in [-0.2, 0) is 21.4 Å². The molecule has 2 aromatic rings. The molecule has 2 heterocycles. The van der Waals surface area contributed by atoms with E-state index in [0.717, 1.165) is 37.3 Å². The summed E-state index contributed by atoms with van der Waals surface area (Å²) >= 11 is 0. The first kappa shape index (κ1) is 21.8. The number of methoxy groups -OCH3 is 1. The molecule has 4 atom stereocenters. The van der Waals surface area contributed by atoms with Gasteiger partial charge in [-0.1, -0.05) is 12.1 Å². The Morgan fingerprint density at radius 2 is 2.12 bits per heavy atom. The van der Waals surface area contributed by atoms with Crippen LogP contribution in [0.15, 0.2) is 36.4 Å². The van der Waals surface area contributed by atoms with Crippen LogP contribution >= 0.6 is 0 Å². The van der Waals surface area contributed by atoms with Crippen molar-refractivity contribution in [3.63, 3.8) is 0 Å². The fourth-order valence-corrected chi connectivity index (χ4v) is 6.46. The Morgan fingerprint density at radius 3 is 2.85 bits per heavy atom. The van der Waals surface area contributed by atoms with Gasteiger partial charge in [-0.05, 0) is 62.5 Å². The Hall–Kier alpha value is -3.06. The van der Waals surface area contributed by atoms with E-state index < -0.39 is 0 Å². The summed E-state index contributed by atoms with van der Waals surface area (Å²) in [5.41, 5.74) is 3.18. The van der Waals surface area contributed by atoms with Gasteiger partial charge >= 0.3 is 0 Å². The van der Waals surface area contributed by atoms with E-state index in [9.17, 15) is 9.59 Å². The highest BCUT2D eigenvalue weighted by molar-refractivity contribution is 5.89. The molecule has 1 saturated carbocycles. The van der Waals surface area contributed by atoms with Crippen molar-refractivity contribution in [3.05, 3.63) is 47.5 Å². The molecule has 1 saturated heterocycles. The number of ether oxygens (including phenoxy) is 2. The molecule has 2 bridgehead atoms. The predicted octanol–water partition coefficient (Wildman–Crippen LogP) is 3.28. The third kappa shape index (κ3) is 3.37. The average molecular weight is 451 g/mol. The van der Waals surface area contributed by atoms with E-state index in [1.807, 2.05) is 6.07 Å². The Bertz CT molecular complexity index is 1120. The first-order valence-corrected chi connectivity index (χ1v) is 11.5. The fraction of sp³-hybridized carbons (Fsp3) is 0.462. The number of nitrogens with one attached hydrogen (secondary N) is 1. The highest BCUT2D eigenvalue weighted by Gasteiger charge is 2.65. The molecule has 7 heteroatoms. The summed E-state index contributed by atoms with van der Waals surface area (Å²) in [7, 11) is 3.91. The number of nitrogens with zero attached hydrogens (tertiary/aromatic N) is 1. The maximum Gasteiger partial charge on any atom is 0.221 e. The number of rotatable bonds is 2. The second-order valence-corrected chi connectivity index (χ2v) is 9.51. The van der Waals surface area contributed by atoms with Gasteiger partial charge in [0.05, 0.1) is 7.11 Å². The summed E-state index contributed by atoms with van der Waals surface area (Å²) in [6, 6.07) is 11.1. The van der Waals surface area contributed by atoms with Gasteiger partial charge in [-0.2, -0.15) is 0 Å². The first-order chi connectivity index (χ1) is 15.8. The van der Waals surface area contributed by atoms with Crippen molar-refractivity contribution in [3.8, 4) is 17.2 Å². The van der Waals surface area contributed by atoms with Gasteiger partial charge in [-0.25, -0.2) is 0 Å². The number of likely N-dealkylation sites (tertiary alicyclic amines) is 1. The van der Waals surface area contributed by atoms with Gasteiger partial charge in [-0.3, -0.25) is 9.59 Å². The number of phenolic OH excluding ortho intramolecular Hbond substituents is 1. The Morgan fingerprint density at radius 1 is 1.30 bits per heavy atom. The van der Waals surface area contributed by atoms with Crippen LogP contribution in [-0.4, -0.2) is 54.5 Å². The predicted molar refractivity (Wildman–Crippen MR) is 124 cm³/mol. The van der Waals surface area contributed by atoms with E-state index in [4.69, 9.17) is 14.6 Å². The van der Waals surface area contributed by atoms with Crippen molar-refractivity contribution in [1.29, 1.82) is 0 Å². The first-order valence-electron chi connectivity index (χ1n) is 11.5. The lowest BCUT2D eigenvalue weighted by molar-refractivity contribution is -0.138. The Balaban J connectivity index is 0.000000177. The molecule has 2 aliphatic heterocycles. The van der Waals surface area contributed by atoms with Gasteiger partial charge in [0, 0.05) is 42.1 Å². The number of ketones is 1. The number of benzene rings is 2. The number of carbonyl (C=O) groups is 2. The fourth-order valence-electron chi connectivity index (χ4n) is 6.46. The zero-order valence-electron chi connectivity index (χ0n) is 19.3. The van der Waals surface area contributed by atoms with Crippen LogP contribution in [0.25, 0.3) is 0 Å². The number of likely N-dealkylation sites (N-methyl/N-ethyl adjacent to an activating group) is 1. The van der Waals surface area contributed by atoms with Crippen LogP contribution in [0.4, 0.5) is 5.69 Å². The molecule has 6 rings (SSSR count). The molecule has 4 aliphatic rings. The van der Waals surface area contributed by atoms with E-state index in [2.05, 4.69) is 23.3 Å². The summed E-state index contributed by atoms with van der Waals surface area (Å²) < 4.78 is 11.8. The van der Waals surface area contributed by atoms with Gasteiger partial charge < -0.3 is 24.8 Å². The standard InChI is InChI=1S/C18H21NO3.C8H9NO2/c1-19-8-7-18-11-4-5-13(20)17(18)22-16-14(21-2)6-3-10(15(16)18)9-12(11)19;1-6(10)9-7-3-2-4-8(11)5-7/h3,6,11-12,17H,4-5,7-9H2,1-2H3;2-5,11H,1H3,(H,9,10)/t11-,12+,17-,18-;/m0./s1. The van der Waals surface area contributed by atoms with Crippen LogP contribution in [0.3, 0.4) is 0 Å². The lowest BCUT2D eigenvalue weighted by atomic mass is 9.52. The maximum absolute atomic E-state index is 12.6. The van der Waals surface area contributed by atoms with Crippen LogP contribution in [0, 0.1) is 5.92 Å². The second kappa shape index (κ2) is 8.06. The lowest BCUT2D eigenvalue weighted by Crippen LogP contribution is -2.65. The molecule has 174 valence electrons. The number of aromatic hydroxyl groups is 1. The molecule has 0 aromatic heterocycles. The zero-order chi connectivity index (χ0) is 23.3. The van der Waals surface area contributed by atoms with Crippen molar-refractivity contribution in [2.24, 2.45) is 5.92 Å². The van der Waals surface area contributed by atoms with Gasteiger partial charge in [0.1, 0.15) is 5.75 Å². The topological polar surface area (TPSA) is 88.1 Å². The monoisotopic (exact) mass is 450 g/mol. The molecule has 0 unspecified atom stereocenters. The highest BCUT2D eigenvalue weighted by Crippen LogP contribution is 2.63. The van der Waals surface area contributed by atoms with Crippen molar-refractivity contribution in [2.45, 2.75) is 50.2 Å². The van der Waals surface area contributed by atoms with Crippen LogP contribution in [0.1, 0.15) is 37.3 Å². The van der Waals surface area contributed by atoms with Gasteiger partial charge in [-0.15, -0.1) is 0 Å². The molecule has 1 spiro atoms. The van der Waals surface area contributed by atoms with Crippen LogP contribution in [0.2, 0.25) is 0 Å². The van der Waals surface area contributed by atoms with Crippen LogP contribution in [0.5, 0.6) is 17.2 Å². The molecular formula is C26H30N2O5. The summed E-state index contributed by atoms with van der Waals surface area (Å²) in [6.07, 6.45) is 3.47. The minimum atomic E-state index is -0.284. The van der Waals surface area contributed by atoms with Gasteiger partial charge in [0.25, 0.3) is 0 Å². The molecule has 1 amide bonds. The Labute approximate surface area is 193 Å². The zero-order valence-corrected chi connectivity index (χ0v) is 19.3. The lowest BCUT2D eigenvalue weighted by Gasteiger charge is -2.57. The van der Waals surface area contributed by atoms with Crippen molar-refractivity contribution >= 4 is 17.4 Å². The summed E-state index contributed by atoms with van der Waals surface area (Å²) in [4.78, 5) is 25.6. The SMILES string of the molecule is CC(=O)Nc1cccc(O)c1.COc1ccc2c3c1O[C@H]1C(=O)CC[C@H]4[C@@H](C2)N(C)CC[C@]314. The Kier molecular flexibility index (Phi) is 5.32. The highest BCUT2D eigenvalue weighted by atomic mass is 16.5. The third-order valence-corrected chi connectivity index (χ3v) is 7.76. The summed E-state index contributed by atoms with van der Waals surface area (Å²) in [6.45, 7) is 2.47. The molecule has 2 fully saturated rings. The number of piperidine rings is 1. The number of Topliss-reactive ketones (excluding diaryl/α,β-unsaturated/α-hetero) is 1. The minimum absolute atomic E-state index is 0.0933. The van der Waals surface area contributed by atoms with Gasteiger partial charge in [0.2, 0.25) is 5.91 Å². The molecule has 7 nitrogen and oxygen atoms in total. The minimum Gasteiger partial charge on any atom is -0.508 e. The quantitative estimate of drug-likeness (QED) is 0.730. The number of carbonyl (C=O) groups excluding carboxylic acids is 2. The largest absolute Gasteiger partial charge is 0.508 e. The van der Waals surface area contributed by atoms with Crippen molar-refractivity contribution in [1.82, 2.24) is 4.90 Å². The number of hydrogen-bond acceptors (Lipinski definition) is 6. The van der Waals surface area contributed by atoms with E-state index in [1.54, 1.807) is 25.3 Å². The number of hydrogen-bond donors (Lipinski definition) is 2. The van der Waals surface area contributed by atoms with Crippen LogP contribution < -0.4 is 14.8 Å². The molecule has 2 N–H and O–H groups in total. The molecule has 33 heavy (non-hydrogen) atoms. The molecule has 2 aromatic carbocycles. The normalized spacial score (nSPS) is 28.7. The number of phenols is 1. The van der Waals surface area contributed by atoms with E-state index in [0.29, 0.717) is 24.1 Å². The molecule has 0 radical (unpaired) electrons. The maximum atomic E-state index is 12.6. The molecular weight excluding hydrogens is 420 g/mol. The third-order valence-electron chi connectivity index (χ3n) is 7.76.